The van der Waals surface area contributed by atoms with Crippen molar-refractivity contribution in [3.63, 3.8) is 0 Å². The zero-order valence-electron chi connectivity index (χ0n) is 12.7. The van der Waals surface area contributed by atoms with Gasteiger partial charge in [-0.05, 0) is 31.7 Å². The fraction of sp³-hybridized carbons (Fsp3) is 0.867. The minimum Gasteiger partial charge on any atom is -0.339 e. The number of hydrogen-bond donors (Lipinski definition) is 1. The van der Waals surface area contributed by atoms with E-state index in [0.29, 0.717) is 18.4 Å². The summed E-state index contributed by atoms with van der Waals surface area (Å²) in [6, 6.07) is 0.423. The molecule has 2 amide bonds. The zero-order valence-corrected chi connectivity index (χ0v) is 12.7. The van der Waals surface area contributed by atoms with Gasteiger partial charge in [-0.15, -0.1) is 0 Å². The van der Waals surface area contributed by atoms with E-state index in [1.807, 2.05) is 4.90 Å². The van der Waals surface area contributed by atoms with Crippen LogP contribution in [0.3, 0.4) is 0 Å². The fourth-order valence-electron chi connectivity index (χ4n) is 3.03. The fourth-order valence-corrected chi connectivity index (χ4v) is 3.03. The second-order valence-corrected chi connectivity index (χ2v) is 6.40. The second-order valence-electron chi connectivity index (χ2n) is 6.40. The van der Waals surface area contributed by atoms with Crippen LogP contribution in [0.1, 0.15) is 39.5 Å². The Morgan fingerprint density at radius 2 is 2.25 bits per heavy atom. The molecule has 1 atom stereocenters. The number of nitrogens with zero attached hydrogens (tertiary/aromatic N) is 2. The number of amides is 2. The van der Waals surface area contributed by atoms with Crippen LogP contribution in [0.15, 0.2) is 0 Å². The average Bonchev–Trinajstić information content (AvgIpc) is 3.01. The molecule has 0 bridgehead atoms. The molecule has 5 heteroatoms. The van der Waals surface area contributed by atoms with Crippen LogP contribution < -0.4 is 5.32 Å². The van der Waals surface area contributed by atoms with Gasteiger partial charge in [-0.25, -0.2) is 0 Å². The molecule has 0 spiro atoms. The maximum absolute atomic E-state index is 12.5. The van der Waals surface area contributed by atoms with E-state index in [1.165, 1.54) is 6.42 Å². The molecular weight excluding hydrogens is 254 g/mol. The van der Waals surface area contributed by atoms with E-state index in [0.717, 1.165) is 39.0 Å². The van der Waals surface area contributed by atoms with Gasteiger partial charge < -0.3 is 15.1 Å². The minimum absolute atomic E-state index is 0.0997. The molecule has 1 N–H and O–H groups in total. The van der Waals surface area contributed by atoms with Crippen LogP contribution in [0.4, 0.5) is 0 Å². The lowest BCUT2D eigenvalue weighted by molar-refractivity contribution is -0.138. The highest BCUT2D eigenvalue weighted by Crippen LogP contribution is 2.12. The normalized spacial score (nSPS) is 22.9. The summed E-state index contributed by atoms with van der Waals surface area (Å²) >= 11 is 0. The highest BCUT2D eigenvalue weighted by Gasteiger charge is 2.27. The van der Waals surface area contributed by atoms with Gasteiger partial charge in [-0.2, -0.15) is 0 Å². The van der Waals surface area contributed by atoms with Gasteiger partial charge in [0.15, 0.2) is 0 Å². The van der Waals surface area contributed by atoms with E-state index < -0.39 is 0 Å². The minimum atomic E-state index is 0.0997. The summed E-state index contributed by atoms with van der Waals surface area (Å²) in [7, 11) is 0. The van der Waals surface area contributed by atoms with Crippen LogP contribution in [-0.4, -0.2) is 60.4 Å². The van der Waals surface area contributed by atoms with Crippen LogP contribution in [-0.2, 0) is 9.59 Å². The smallest absolute Gasteiger partial charge is 0.242 e. The molecule has 2 saturated heterocycles. The van der Waals surface area contributed by atoms with Crippen molar-refractivity contribution in [2.24, 2.45) is 5.92 Å². The summed E-state index contributed by atoms with van der Waals surface area (Å²) in [5.74, 6) is 0.680. The van der Waals surface area contributed by atoms with E-state index in [4.69, 9.17) is 0 Å². The first kappa shape index (κ1) is 15.3. The van der Waals surface area contributed by atoms with Gasteiger partial charge in [0.25, 0.3) is 0 Å². The van der Waals surface area contributed by atoms with E-state index in [9.17, 15) is 9.59 Å². The third-order valence-corrected chi connectivity index (χ3v) is 4.04. The standard InChI is InChI=1S/C15H27N3O2/c1-12(2)9-18(10-13-5-3-7-16-13)15(20)11-17-8-4-6-14(17)19/h12-13,16H,3-11H2,1-2H3. The molecule has 0 radical (unpaired) electrons. The highest BCUT2D eigenvalue weighted by molar-refractivity contribution is 5.85. The first-order chi connectivity index (χ1) is 9.56. The van der Waals surface area contributed by atoms with Crippen molar-refractivity contribution in [1.29, 1.82) is 0 Å². The molecule has 5 nitrogen and oxygen atoms in total. The van der Waals surface area contributed by atoms with Crippen molar-refractivity contribution in [1.82, 2.24) is 15.1 Å². The van der Waals surface area contributed by atoms with Gasteiger partial charge in [0.2, 0.25) is 11.8 Å². The highest BCUT2D eigenvalue weighted by atomic mass is 16.2. The summed E-state index contributed by atoms with van der Waals surface area (Å²) in [5, 5.41) is 3.44. The Balaban J connectivity index is 1.90. The van der Waals surface area contributed by atoms with Crippen LogP contribution in [0.2, 0.25) is 0 Å². The van der Waals surface area contributed by atoms with Gasteiger partial charge >= 0.3 is 0 Å². The van der Waals surface area contributed by atoms with Crippen LogP contribution >= 0.6 is 0 Å². The predicted octanol–water partition coefficient (Wildman–Crippen LogP) is 0.845. The second kappa shape index (κ2) is 7.07. The molecule has 2 fully saturated rings. The monoisotopic (exact) mass is 281 g/mol. The Hall–Kier alpha value is -1.10. The van der Waals surface area contributed by atoms with Gasteiger partial charge in [0.05, 0.1) is 6.54 Å². The molecule has 0 saturated carbocycles. The molecule has 2 aliphatic heterocycles. The lowest BCUT2D eigenvalue weighted by atomic mass is 10.1. The Labute approximate surface area is 121 Å². The molecule has 2 heterocycles. The van der Waals surface area contributed by atoms with Crippen molar-refractivity contribution in [2.45, 2.75) is 45.6 Å². The maximum atomic E-state index is 12.5. The number of hydrogen-bond acceptors (Lipinski definition) is 3. The Bertz CT molecular complexity index is 351. The number of rotatable bonds is 6. The number of nitrogens with one attached hydrogen (secondary N) is 1. The third-order valence-electron chi connectivity index (χ3n) is 4.04. The first-order valence-corrected chi connectivity index (χ1v) is 7.85. The number of carbonyl (C=O) groups excluding carboxylic acids is 2. The quantitative estimate of drug-likeness (QED) is 0.785. The molecule has 0 aromatic rings. The summed E-state index contributed by atoms with van der Waals surface area (Å²) < 4.78 is 0. The van der Waals surface area contributed by atoms with Crippen molar-refractivity contribution < 1.29 is 9.59 Å². The molecule has 2 aliphatic rings. The van der Waals surface area contributed by atoms with Crippen molar-refractivity contribution in [3.05, 3.63) is 0 Å². The predicted molar refractivity (Wildman–Crippen MR) is 78.3 cm³/mol. The molecular formula is C15H27N3O2. The lowest BCUT2D eigenvalue weighted by Crippen LogP contribution is -2.47. The molecule has 0 aromatic heterocycles. The summed E-state index contributed by atoms with van der Waals surface area (Å²) in [6.07, 6.45) is 3.83. The SMILES string of the molecule is CC(C)CN(CC1CCCN1)C(=O)CN1CCCC1=O. The Kier molecular flexibility index (Phi) is 5.40. The zero-order chi connectivity index (χ0) is 14.5. The van der Waals surface area contributed by atoms with E-state index in [1.54, 1.807) is 4.90 Å². The lowest BCUT2D eigenvalue weighted by Gasteiger charge is -2.29. The van der Waals surface area contributed by atoms with Crippen molar-refractivity contribution in [2.75, 3.05) is 32.7 Å². The summed E-state index contributed by atoms with van der Waals surface area (Å²) in [6.45, 7) is 7.86. The third kappa shape index (κ3) is 4.20. The Morgan fingerprint density at radius 1 is 1.45 bits per heavy atom. The summed E-state index contributed by atoms with van der Waals surface area (Å²) in [4.78, 5) is 27.8. The largest absolute Gasteiger partial charge is 0.339 e. The summed E-state index contributed by atoms with van der Waals surface area (Å²) in [5.41, 5.74) is 0. The van der Waals surface area contributed by atoms with Gasteiger partial charge in [0, 0.05) is 32.1 Å². The van der Waals surface area contributed by atoms with Crippen LogP contribution in [0, 0.1) is 5.92 Å². The average molecular weight is 281 g/mol. The molecule has 114 valence electrons. The van der Waals surface area contributed by atoms with Crippen LogP contribution in [0.25, 0.3) is 0 Å². The van der Waals surface area contributed by atoms with E-state index in [-0.39, 0.29) is 18.4 Å². The molecule has 1 unspecified atom stereocenters. The van der Waals surface area contributed by atoms with E-state index in [2.05, 4.69) is 19.2 Å². The first-order valence-electron chi connectivity index (χ1n) is 7.85. The molecule has 0 aromatic carbocycles. The van der Waals surface area contributed by atoms with E-state index >= 15 is 0 Å². The Morgan fingerprint density at radius 3 is 2.80 bits per heavy atom. The number of likely N-dealkylation sites (tertiary alicyclic amines) is 1. The van der Waals surface area contributed by atoms with Crippen molar-refractivity contribution in [3.8, 4) is 0 Å². The van der Waals surface area contributed by atoms with Gasteiger partial charge in [-0.3, -0.25) is 9.59 Å². The number of carbonyl (C=O) groups is 2. The molecule has 20 heavy (non-hydrogen) atoms. The molecule has 0 aliphatic carbocycles. The van der Waals surface area contributed by atoms with Crippen LogP contribution in [0.5, 0.6) is 0 Å². The topological polar surface area (TPSA) is 52.7 Å². The van der Waals surface area contributed by atoms with Crippen molar-refractivity contribution >= 4 is 11.8 Å². The molecule has 2 rings (SSSR count). The maximum Gasteiger partial charge on any atom is 0.242 e. The van der Waals surface area contributed by atoms with Gasteiger partial charge in [0.1, 0.15) is 0 Å². The van der Waals surface area contributed by atoms with Gasteiger partial charge in [-0.1, -0.05) is 13.8 Å².